The minimum Gasteiger partial charge on any atom is -0.481 e. The van der Waals surface area contributed by atoms with Crippen molar-refractivity contribution in [3.05, 3.63) is 30.1 Å². The van der Waals surface area contributed by atoms with Gasteiger partial charge in [-0.05, 0) is 30.5 Å². The minimum atomic E-state index is -0.762. The summed E-state index contributed by atoms with van der Waals surface area (Å²) in [6.45, 7) is 0.597. The van der Waals surface area contributed by atoms with Crippen LogP contribution in [0.5, 0.6) is 0 Å². The first-order valence-electron chi connectivity index (χ1n) is 6.35. The molecule has 0 bridgehead atoms. The number of urea groups is 1. The Labute approximate surface area is 110 Å². The molecule has 1 unspecified atom stereocenters. The second-order valence-corrected chi connectivity index (χ2v) is 5.10. The van der Waals surface area contributed by atoms with Crippen LogP contribution >= 0.6 is 0 Å². The molecule has 0 radical (unpaired) electrons. The van der Waals surface area contributed by atoms with Gasteiger partial charge in [-0.15, -0.1) is 0 Å². The molecule has 6 nitrogen and oxygen atoms in total. The molecule has 19 heavy (non-hydrogen) atoms. The van der Waals surface area contributed by atoms with Gasteiger partial charge in [-0.2, -0.15) is 0 Å². The monoisotopic (exact) mass is 261 g/mol. The summed E-state index contributed by atoms with van der Waals surface area (Å²) in [4.78, 5) is 28.4. The maximum absolute atomic E-state index is 11.9. The molecule has 2 N–H and O–H groups in total. The Hall–Kier alpha value is -2.11. The molecule has 1 aliphatic heterocycles. The standard InChI is InChI=1S/C13H15N3O3/c17-12(18)9-5-10(6-9)16-7-11(15-13(16)19)8-1-3-14-4-2-8/h1-4,9-11H,5-7H2,(H,15,19)(H,17,18). The van der Waals surface area contributed by atoms with Crippen LogP contribution in [0, 0.1) is 5.92 Å². The van der Waals surface area contributed by atoms with Crippen LogP contribution in [0.3, 0.4) is 0 Å². The van der Waals surface area contributed by atoms with Crippen LogP contribution < -0.4 is 5.32 Å². The molecule has 6 heteroatoms. The molecule has 1 saturated heterocycles. The van der Waals surface area contributed by atoms with Crippen LogP contribution in [0.15, 0.2) is 24.5 Å². The number of carboxylic acids is 1. The fourth-order valence-corrected chi connectivity index (χ4v) is 2.70. The number of pyridine rings is 1. The molecule has 2 heterocycles. The molecule has 2 aliphatic rings. The maximum atomic E-state index is 11.9. The Morgan fingerprint density at radius 2 is 2.05 bits per heavy atom. The van der Waals surface area contributed by atoms with Crippen molar-refractivity contribution in [1.82, 2.24) is 15.2 Å². The molecular weight excluding hydrogens is 246 g/mol. The van der Waals surface area contributed by atoms with Crippen molar-refractivity contribution in [1.29, 1.82) is 0 Å². The van der Waals surface area contributed by atoms with E-state index >= 15 is 0 Å². The number of amides is 2. The van der Waals surface area contributed by atoms with Crippen molar-refractivity contribution in [2.75, 3.05) is 6.54 Å². The first-order chi connectivity index (χ1) is 9.15. The molecule has 100 valence electrons. The number of carbonyl (C=O) groups excluding carboxylic acids is 1. The Morgan fingerprint density at radius 3 is 2.68 bits per heavy atom. The zero-order valence-electron chi connectivity index (χ0n) is 10.3. The number of hydrogen-bond acceptors (Lipinski definition) is 3. The fourth-order valence-electron chi connectivity index (χ4n) is 2.70. The van der Waals surface area contributed by atoms with E-state index in [-0.39, 0.29) is 24.0 Å². The molecule has 1 aromatic rings. The lowest BCUT2D eigenvalue weighted by atomic mass is 9.79. The number of carbonyl (C=O) groups is 2. The Balaban J connectivity index is 1.64. The van der Waals surface area contributed by atoms with Gasteiger partial charge in [0.05, 0.1) is 12.0 Å². The Morgan fingerprint density at radius 1 is 1.37 bits per heavy atom. The van der Waals surface area contributed by atoms with Gasteiger partial charge in [0.25, 0.3) is 0 Å². The number of rotatable bonds is 3. The number of carboxylic acid groups (broad SMARTS) is 1. The number of aromatic nitrogens is 1. The summed E-state index contributed by atoms with van der Waals surface area (Å²) in [6.07, 6.45) is 4.53. The smallest absolute Gasteiger partial charge is 0.318 e. The zero-order chi connectivity index (χ0) is 13.4. The van der Waals surface area contributed by atoms with Crippen molar-refractivity contribution in [3.8, 4) is 0 Å². The summed E-state index contributed by atoms with van der Waals surface area (Å²) in [5.74, 6) is -1.06. The normalized spacial score (nSPS) is 29.8. The second-order valence-electron chi connectivity index (χ2n) is 5.10. The molecule has 2 amide bonds. The first-order valence-corrected chi connectivity index (χ1v) is 6.35. The number of nitrogens with zero attached hydrogens (tertiary/aromatic N) is 2. The average Bonchev–Trinajstić information content (AvgIpc) is 2.71. The quantitative estimate of drug-likeness (QED) is 0.850. The summed E-state index contributed by atoms with van der Waals surface area (Å²) in [5.41, 5.74) is 1.03. The maximum Gasteiger partial charge on any atom is 0.318 e. The average molecular weight is 261 g/mol. The summed E-state index contributed by atoms with van der Waals surface area (Å²) in [5, 5.41) is 11.8. The molecule has 0 aromatic carbocycles. The third kappa shape index (κ3) is 2.14. The summed E-state index contributed by atoms with van der Waals surface area (Å²) < 4.78 is 0. The van der Waals surface area contributed by atoms with Gasteiger partial charge in [0.2, 0.25) is 0 Å². The van der Waals surface area contributed by atoms with Gasteiger partial charge >= 0.3 is 12.0 Å². The van der Waals surface area contributed by atoms with Crippen LogP contribution in [-0.2, 0) is 4.79 Å². The van der Waals surface area contributed by atoms with E-state index in [1.807, 2.05) is 12.1 Å². The lowest BCUT2D eigenvalue weighted by Crippen LogP contribution is -2.48. The van der Waals surface area contributed by atoms with E-state index in [0.717, 1.165) is 5.56 Å². The predicted molar refractivity (Wildman–Crippen MR) is 66.4 cm³/mol. The van der Waals surface area contributed by atoms with Gasteiger partial charge < -0.3 is 15.3 Å². The highest BCUT2D eigenvalue weighted by Gasteiger charge is 2.43. The van der Waals surface area contributed by atoms with E-state index in [9.17, 15) is 9.59 Å². The number of hydrogen-bond donors (Lipinski definition) is 2. The van der Waals surface area contributed by atoms with Crippen molar-refractivity contribution >= 4 is 12.0 Å². The number of aliphatic carboxylic acids is 1. The van der Waals surface area contributed by atoms with Crippen molar-refractivity contribution in [2.45, 2.75) is 24.9 Å². The molecule has 1 aliphatic carbocycles. The topological polar surface area (TPSA) is 82.5 Å². The van der Waals surface area contributed by atoms with Crippen LogP contribution in [0.2, 0.25) is 0 Å². The first kappa shape index (κ1) is 12.0. The largest absolute Gasteiger partial charge is 0.481 e. The highest BCUT2D eigenvalue weighted by Crippen LogP contribution is 2.35. The Bertz CT molecular complexity index is 499. The van der Waals surface area contributed by atoms with Crippen molar-refractivity contribution in [2.24, 2.45) is 5.92 Å². The van der Waals surface area contributed by atoms with E-state index in [2.05, 4.69) is 10.3 Å². The van der Waals surface area contributed by atoms with Gasteiger partial charge in [-0.1, -0.05) is 0 Å². The van der Waals surface area contributed by atoms with E-state index in [0.29, 0.717) is 19.4 Å². The van der Waals surface area contributed by atoms with E-state index in [1.165, 1.54) is 0 Å². The molecule has 1 aromatic heterocycles. The third-order valence-corrected chi connectivity index (χ3v) is 3.95. The fraction of sp³-hybridized carbons (Fsp3) is 0.462. The van der Waals surface area contributed by atoms with E-state index < -0.39 is 5.97 Å². The SMILES string of the molecule is O=C(O)C1CC(N2CC(c3ccncc3)NC2=O)C1. The molecule has 0 spiro atoms. The predicted octanol–water partition coefficient (Wildman–Crippen LogP) is 1.01. The van der Waals surface area contributed by atoms with Crippen LogP contribution in [-0.4, -0.2) is 39.6 Å². The highest BCUT2D eigenvalue weighted by atomic mass is 16.4. The molecule has 2 fully saturated rings. The molecule has 1 saturated carbocycles. The van der Waals surface area contributed by atoms with Gasteiger partial charge in [0, 0.05) is 25.0 Å². The summed E-state index contributed by atoms with van der Waals surface area (Å²) >= 11 is 0. The lowest BCUT2D eigenvalue weighted by molar-refractivity contribution is -0.146. The van der Waals surface area contributed by atoms with E-state index in [4.69, 9.17) is 5.11 Å². The lowest BCUT2D eigenvalue weighted by Gasteiger charge is -2.38. The summed E-state index contributed by atoms with van der Waals surface area (Å²) in [6, 6.07) is 3.70. The van der Waals surface area contributed by atoms with Gasteiger partial charge in [0.1, 0.15) is 0 Å². The van der Waals surface area contributed by atoms with Gasteiger partial charge in [-0.3, -0.25) is 9.78 Å². The third-order valence-electron chi connectivity index (χ3n) is 3.95. The van der Waals surface area contributed by atoms with Crippen LogP contribution in [0.4, 0.5) is 4.79 Å². The highest BCUT2D eigenvalue weighted by molar-refractivity contribution is 5.78. The Kier molecular flexibility index (Phi) is 2.85. The number of nitrogens with one attached hydrogen (secondary N) is 1. The van der Waals surface area contributed by atoms with Gasteiger partial charge in [0.15, 0.2) is 0 Å². The van der Waals surface area contributed by atoms with Crippen molar-refractivity contribution < 1.29 is 14.7 Å². The van der Waals surface area contributed by atoms with Crippen LogP contribution in [0.25, 0.3) is 0 Å². The van der Waals surface area contributed by atoms with Crippen LogP contribution in [0.1, 0.15) is 24.4 Å². The molecule has 3 rings (SSSR count). The van der Waals surface area contributed by atoms with E-state index in [1.54, 1.807) is 17.3 Å². The second kappa shape index (κ2) is 4.53. The molecule has 1 atom stereocenters. The summed E-state index contributed by atoms with van der Waals surface area (Å²) in [7, 11) is 0. The molecular formula is C13H15N3O3. The van der Waals surface area contributed by atoms with Gasteiger partial charge in [-0.25, -0.2) is 4.79 Å². The minimum absolute atomic E-state index is 0.0284. The zero-order valence-corrected chi connectivity index (χ0v) is 10.3. The van der Waals surface area contributed by atoms with Crippen molar-refractivity contribution in [3.63, 3.8) is 0 Å².